The molecule has 3 rings (SSSR count). The number of rotatable bonds is 1. The first-order chi connectivity index (χ1) is 7.75. The van der Waals surface area contributed by atoms with Crippen LogP contribution in [0.25, 0.3) is 10.9 Å². The molecule has 0 bridgehead atoms. The van der Waals surface area contributed by atoms with Gasteiger partial charge in [-0.25, -0.2) is 0 Å². The third-order valence-corrected chi connectivity index (χ3v) is 3.95. The van der Waals surface area contributed by atoms with Crippen molar-refractivity contribution >= 4 is 26.8 Å². The Morgan fingerprint density at radius 2 is 2.25 bits per heavy atom. The second kappa shape index (κ2) is 3.90. The Morgan fingerprint density at radius 3 is 3.00 bits per heavy atom. The fourth-order valence-corrected chi connectivity index (χ4v) is 2.99. The molecular formula is C13H15BrN2. The normalized spacial score (nSPS) is 20.8. The van der Waals surface area contributed by atoms with Crippen LogP contribution in [0, 0.1) is 0 Å². The smallest absolute Gasteiger partial charge is 0.0481 e. The number of hydrogen-bond acceptors (Lipinski definition) is 1. The van der Waals surface area contributed by atoms with Gasteiger partial charge in [0.1, 0.15) is 0 Å². The van der Waals surface area contributed by atoms with Gasteiger partial charge in [-0.3, -0.25) is 0 Å². The lowest BCUT2D eigenvalue weighted by Crippen LogP contribution is -2.15. The lowest BCUT2D eigenvalue weighted by molar-refractivity contribution is 0.604. The maximum atomic E-state index is 3.56. The molecule has 2 aromatic rings. The van der Waals surface area contributed by atoms with E-state index in [0.717, 1.165) is 11.0 Å². The number of nitrogens with one attached hydrogen (secondary N) is 1. The molecule has 1 atom stereocenters. The number of halogens is 1. The third kappa shape index (κ3) is 1.59. The molecule has 3 heteroatoms. The molecule has 1 aromatic carbocycles. The Bertz CT molecular complexity index is 524. The van der Waals surface area contributed by atoms with Gasteiger partial charge in [0.25, 0.3) is 0 Å². The molecule has 1 aromatic heterocycles. The average Bonchev–Trinajstić information content (AvgIpc) is 2.86. The van der Waals surface area contributed by atoms with Crippen LogP contribution >= 0.6 is 15.9 Å². The van der Waals surface area contributed by atoms with Gasteiger partial charge in [-0.2, -0.15) is 0 Å². The Hall–Kier alpha value is -0.800. The molecule has 1 aliphatic heterocycles. The van der Waals surface area contributed by atoms with Crippen LogP contribution in [0.3, 0.4) is 0 Å². The molecular weight excluding hydrogens is 264 g/mol. The summed E-state index contributed by atoms with van der Waals surface area (Å²) in [5.41, 5.74) is 2.72. The van der Waals surface area contributed by atoms with Crippen LogP contribution < -0.4 is 5.32 Å². The highest BCUT2D eigenvalue weighted by molar-refractivity contribution is 9.10. The van der Waals surface area contributed by atoms with Crippen molar-refractivity contribution in [3.63, 3.8) is 0 Å². The van der Waals surface area contributed by atoms with Gasteiger partial charge in [0.05, 0.1) is 0 Å². The van der Waals surface area contributed by atoms with E-state index < -0.39 is 0 Å². The molecule has 2 nitrogen and oxygen atoms in total. The maximum absolute atomic E-state index is 3.56. The quantitative estimate of drug-likeness (QED) is 0.847. The molecule has 1 aliphatic rings. The summed E-state index contributed by atoms with van der Waals surface area (Å²) in [4.78, 5) is 0. The summed E-state index contributed by atoms with van der Waals surface area (Å²) in [5, 5.41) is 4.88. The van der Waals surface area contributed by atoms with E-state index in [-0.39, 0.29) is 0 Å². The second-order valence-electron chi connectivity index (χ2n) is 4.48. The van der Waals surface area contributed by atoms with Crippen LogP contribution in [0.1, 0.15) is 24.6 Å². The first-order valence-electron chi connectivity index (χ1n) is 5.74. The minimum absolute atomic E-state index is 0.538. The van der Waals surface area contributed by atoms with E-state index in [1.54, 1.807) is 0 Å². The number of aryl methyl sites for hydroxylation is 1. The van der Waals surface area contributed by atoms with E-state index in [9.17, 15) is 0 Å². The standard InChI is InChI=1S/C13H15BrN2/c1-16-12-5-4-10(14)7-9(12)8-13(16)11-3-2-6-15-11/h4-5,7-8,11,15H,2-3,6H2,1H3. The van der Waals surface area contributed by atoms with E-state index in [2.05, 4.69) is 57.1 Å². The van der Waals surface area contributed by atoms with Gasteiger partial charge < -0.3 is 9.88 Å². The Balaban J connectivity index is 2.14. The van der Waals surface area contributed by atoms with Gasteiger partial charge in [0.2, 0.25) is 0 Å². The molecule has 1 fully saturated rings. The highest BCUT2D eigenvalue weighted by Gasteiger charge is 2.19. The minimum Gasteiger partial charge on any atom is -0.346 e. The van der Waals surface area contributed by atoms with E-state index >= 15 is 0 Å². The topological polar surface area (TPSA) is 17.0 Å². The molecule has 0 spiro atoms. The molecule has 0 radical (unpaired) electrons. The van der Waals surface area contributed by atoms with Crippen molar-refractivity contribution in [3.05, 3.63) is 34.4 Å². The third-order valence-electron chi connectivity index (χ3n) is 3.46. The van der Waals surface area contributed by atoms with Crippen LogP contribution in [0.4, 0.5) is 0 Å². The minimum atomic E-state index is 0.538. The Kier molecular flexibility index (Phi) is 2.52. The van der Waals surface area contributed by atoms with E-state index in [0.29, 0.717) is 6.04 Å². The lowest BCUT2D eigenvalue weighted by Gasteiger charge is -2.11. The van der Waals surface area contributed by atoms with Gasteiger partial charge in [-0.1, -0.05) is 15.9 Å². The summed E-state index contributed by atoms with van der Waals surface area (Å²) in [6.45, 7) is 1.15. The Labute approximate surface area is 104 Å². The highest BCUT2D eigenvalue weighted by Crippen LogP contribution is 2.29. The van der Waals surface area contributed by atoms with Gasteiger partial charge in [0, 0.05) is 34.2 Å². The summed E-state index contributed by atoms with van der Waals surface area (Å²) in [6, 6.07) is 9.32. The number of nitrogens with zero attached hydrogens (tertiary/aromatic N) is 1. The van der Waals surface area contributed by atoms with Crippen molar-refractivity contribution in [1.29, 1.82) is 0 Å². The molecule has 16 heavy (non-hydrogen) atoms. The zero-order chi connectivity index (χ0) is 11.1. The monoisotopic (exact) mass is 278 g/mol. The van der Waals surface area contributed by atoms with Crippen molar-refractivity contribution in [2.45, 2.75) is 18.9 Å². The highest BCUT2D eigenvalue weighted by atomic mass is 79.9. The van der Waals surface area contributed by atoms with Crippen LogP contribution in [0.5, 0.6) is 0 Å². The van der Waals surface area contributed by atoms with Crippen molar-refractivity contribution in [2.24, 2.45) is 7.05 Å². The van der Waals surface area contributed by atoms with Crippen LogP contribution in [-0.4, -0.2) is 11.1 Å². The second-order valence-corrected chi connectivity index (χ2v) is 5.40. The summed E-state index contributed by atoms with van der Waals surface area (Å²) in [7, 11) is 2.16. The summed E-state index contributed by atoms with van der Waals surface area (Å²) in [6.07, 6.45) is 2.54. The molecule has 1 saturated heterocycles. The summed E-state index contributed by atoms with van der Waals surface area (Å²) >= 11 is 3.52. The van der Waals surface area contributed by atoms with Gasteiger partial charge in [-0.15, -0.1) is 0 Å². The van der Waals surface area contributed by atoms with Crippen molar-refractivity contribution < 1.29 is 0 Å². The lowest BCUT2D eigenvalue weighted by atomic mass is 10.1. The molecule has 2 heterocycles. The first kappa shape index (κ1) is 10.4. The fraction of sp³-hybridized carbons (Fsp3) is 0.385. The van der Waals surface area contributed by atoms with Gasteiger partial charge in [-0.05, 0) is 43.7 Å². The predicted octanol–water partition coefficient (Wildman–Crippen LogP) is 3.37. The van der Waals surface area contributed by atoms with E-state index in [4.69, 9.17) is 0 Å². The fourth-order valence-electron chi connectivity index (χ4n) is 2.61. The van der Waals surface area contributed by atoms with Crippen LogP contribution in [0.2, 0.25) is 0 Å². The number of hydrogen-bond donors (Lipinski definition) is 1. The SMILES string of the molecule is Cn1c(C2CCCN2)cc2cc(Br)ccc21. The van der Waals surface area contributed by atoms with Gasteiger partial charge in [0.15, 0.2) is 0 Å². The number of fused-ring (bicyclic) bond motifs is 1. The van der Waals surface area contributed by atoms with Crippen molar-refractivity contribution in [3.8, 4) is 0 Å². The molecule has 0 aliphatic carbocycles. The van der Waals surface area contributed by atoms with E-state index in [1.165, 1.54) is 29.4 Å². The Morgan fingerprint density at radius 1 is 1.38 bits per heavy atom. The zero-order valence-electron chi connectivity index (χ0n) is 9.33. The average molecular weight is 279 g/mol. The van der Waals surface area contributed by atoms with Crippen LogP contribution in [-0.2, 0) is 7.05 Å². The predicted molar refractivity (Wildman–Crippen MR) is 70.6 cm³/mol. The van der Waals surface area contributed by atoms with Gasteiger partial charge >= 0.3 is 0 Å². The number of benzene rings is 1. The van der Waals surface area contributed by atoms with Crippen LogP contribution in [0.15, 0.2) is 28.7 Å². The first-order valence-corrected chi connectivity index (χ1v) is 6.53. The molecule has 1 N–H and O–H groups in total. The molecule has 84 valence electrons. The zero-order valence-corrected chi connectivity index (χ0v) is 10.9. The van der Waals surface area contributed by atoms with E-state index in [1.807, 2.05) is 0 Å². The number of aromatic nitrogens is 1. The maximum Gasteiger partial charge on any atom is 0.0481 e. The van der Waals surface area contributed by atoms with Crippen molar-refractivity contribution in [2.75, 3.05) is 6.54 Å². The molecule has 1 unspecified atom stereocenters. The van der Waals surface area contributed by atoms with Crippen molar-refractivity contribution in [1.82, 2.24) is 9.88 Å². The molecule has 0 amide bonds. The summed E-state index contributed by atoms with van der Waals surface area (Å²) < 4.78 is 3.46. The molecule has 0 saturated carbocycles. The largest absolute Gasteiger partial charge is 0.346 e. The summed E-state index contributed by atoms with van der Waals surface area (Å²) in [5.74, 6) is 0.